The number of nitrogens with zero attached hydrogens (tertiary/aromatic N) is 2. The van der Waals surface area contributed by atoms with Crippen LogP contribution >= 0.6 is 15.9 Å². The first-order valence-electron chi connectivity index (χ1n) is 5.19. The maximum atomic E-state index is 5.55. The van der Waals surface area contributed by atoms with Crippen LogP contribution in [0.25, 0.3) is 0 Å². The monoisotopic (exact) mass is 257 g/mol. The van der Waals surface area contributed by atoms with E-state index in [0.29, 0.717) is 12.6 Å². The molecule has 1 atom stereocenters. The highest BCUT2D eigenvalue weighted by Crippen LogP contribution is 2.30. The number of hydrogen-bond acceptors (Lipinski definition) is 2. The minimum absolute atomic E-state index is 0.576. The second-order valence-corrected chi connectivity index (χ2v) is 4.67. The number of aromatic nitrogens is 2. The standard InChI is InChI=1S/C10H16BrN3/c1-7-3-2-4-9-13-8(5-6-12)10(11)14(7)9/h7H,2-6,12H2,1H3. The van der Waals surface area contributed by atoms with Gasteiger partial charge in [-0.15, -0.1) is 0 Å². The number of aryl methyl sites for hydroxylation is 1. The molecule has 0 aliphatic carbocycles. The summed E-state index contributed by atoms with van der Waals surface area (Å²) in [5.74, 6) is 1.22. The lowest BCUT2D eigenvalue weighted by molar-refractivity contribution is 0.420. The Labute approximate surface area is 92.8 Å². The summed E-state index contributed by atoms with van der Waals surface area (Å²) in [5, 5.41) is 0. The number of hydrogen-bond donors (Lipinski definition) is 1. The van der Waals surface area contributed by atoms with Gasteiger partial charge in [0.25, 0.3) is 0 Å². The van der Waals surface area contributed by atoms with E-state index in [1.165, 1.54) is 18.7 Å². The molecule has 2 N–H and O–H groups in total. The van der Waals surface area contributed by atoms with Gasteiger partial charge in [0.1, 0.15) is 10.4 Å². The zero-order valence-corrected chi connectivity index (χ0v) is 10.0. The normalized spacial score (nSPS) is 20.9. The van der Waals surface area contributed by atoms with Gasteiger partial charge in [-0.3, -0.25) is 0 Å². The Hall–Kier alpha value is -0.350. The third-order valence-electron chi connectivity index (χ3n) is 2.84. The van der Waals surface area contributed by atoms with Crippen LogP contribution in [-0.2, 0) is 12.8 Å². The Bertz CT molecular complexity index is 332. The number of fused-ring (bicyclic) bond motifs is 1. The van der Waals surface area contributed by atoms with E-state index >= 15 is 0 Å². The lowest BCUT2D eigenvalue weighted by atomic mass is 10.1. The highest BCUT2D eigenvalue weighted by atomic mass is 79.9. The van der Waals surface area contributed by atoms with Crippen molar-refractivity contribution in [2.75, 3.05) is 6.54 Å². The summed E-state index contributed by atoms with van der Waals surface area (Å²) in [7, 11) is 0. The Kier molecular flexibility index (Phi) is 2.93. The van der Waals surface area contributed by atoms with Crippen molar-refractivity contribution in [1.82, 2.24) is 9.55 Å². The third-order valence-corrected chi connectivity index (χ3v) is 3.68. The molecule has 14 heavy (non-hydrogen) atoms. The molecular formula is C10H16BrN3. The number of rotatable bonds is 2. The van der Waals surface area contributed by atoms with Crippen LogP contribution in [-0.4, -0.2) is 16.1 Å². The largest absolute Gasteiger partial charge is 0.330 e. The Morgan fingerprint density at radius 2 is 2.43 bits per heavy atom. The van der Waals surface area contributed by atoms with E-state index in [1.807, 2.05) is 0 Å². The first-order chi connectivity index (χ1) is 6.74. The second-order valence-electron chi connectivity index (χ2n) is 3.92. The van der Waals surface area contributed by atoms with E-state index in [1.54, 1.807) is 0 Å². The highest BCUT2D eigenvalue weighted by molar-refractivity contribution is 9.10. The zero-order valence-electron chi connectivity index (χ0n) is 8.46. The minimum Gasteiger partial charge on any atom is -0.330 e. The Morgan fingerprint density at radius 3 is 3.07 bits per heavy atom. The summed E-state index contributed by atoms with van der Waals surface area (Å²) >= 11 is 3.62. The summed E-state index contributed by atoms with van der Waals surface area (Å²) < 4.78 is 3.46. The van der Waals surface area contributed by atoms with Crippen molar-refractivity contribution >= 4 is 15.9 Å². The van der Waals surface area contributed by atoms with Crippen molar-refractivity contribution in [3.8, 4) is 0 Å². The first kappa shape index (κ1) is 10.2. The van der Waals surface area contributed by atoms with Gasteiger partial charge in [-0.25, -0.2) is 4.98 Å². The predicted molar refractivity (Wildman–Crippen MR) is 60.3 cm³/mol. The maximum Gasteiger partial charge on any atom is 0.110 e. The molecule has 1 aliphatic rings. The number of imidazole rings is 1. The molecule has 0 radical (unpaired) electrons. The van der Waals surface area contributed by atoms with Crippen LogP contribution in [0.15, 0.2) is 4.60 Å². The number of nitrogens with two attached hydrogens (primary N) is 1. The molecule has 3 nitrogen and oxygen atoms in total. The van der Waals surface area contributed by atoms with E-state index in [4.69, 9.17) is 5.73 Å². The van der Waals surface area contributed by atoms with Gasteiger partial charge in [0.05, 0.1) is 5.69 Å². The van der Waals surface area contributed by atoms with Crippen LogP contribution in [0.5, 0.6) is 0 Å². The average Bonchev–Trinajstić information content (AvgIpc) is 2.46. The fourth-order valence-electron chi connectivity index (χ4n) is 2.11. The van der Waals surface area contributed by atoms with Gasteiger partial charge < -0.3 is 10.3 Å². The molecule has 2 rings (SSSR count). The van der Waals surface area contributed by atoms with E-state index in [-0.39, 0.29) is 0 Å². The molecule has 0 saturated carbocycles. The van der Waals surface area contributed by atoms with Crippen molar-refractivity contribution in [2.45, 2.75) is 38.6 Å². The first-order valence-corrected chi connectivity index (χ1v) is 5.99. The minimum atomic E-state index is 0.576. The van der Waals surface area contributed by atoms with Crippen LogP contribution < -0.4 is 5.73 Å². The van der Waals surface area contributed by atoms with Crippen LogP contribution in [0.3, 0.4) is 0 Å². The summed E-state index contributed by atoms with van der Waals surface area (Å²) in [5.41, 5.74) is 6.67. The lowest BCUT2D eigenvalue weighted by Gasteiger charge is -2.22. The van der Waals surface area contributed by atoms with Crippen molar-refractivity contribution in [2.24, 2.45) is 5.73 Å². The van der Waals surface area contributed by atoms with E-state index in [2.05, 4.69) is 32.4 Å². The van der Waals surface area contributed by atoms with E-state index in [9.17, 15) is 0 Å². The smallest absolute Gasteiger partial charge is 0.110 e. The SMILES string of the molecule is CC1CCCc2nc(CCN)c(Br)n21. The molecule has 78 valence electrons. The van der Waals surface area contributed by atoms with Crippen molar-refractivity contribution in [1.29, 1.82) is 0 Å². The zero-order chi connectivity index (χ0) is 10.1. The van der Waals surface area contributed by atoms with Crippen LogP contribution in [0, 0.1) is 0 Å². The third kappa shape index (κ3) is 1.61. The van der Waals surface area contributed by atoms with Gasteiger partial charge in [-0.05, 0) is 42.2 Å². The molecule has 2 heterocycles. The molecule has 1 unspecified atom stereocenters. The van der Waals surface area contributed by atoms with Gasteiger partial charge in [-0.2, -0.15) is 0 Å². The molecule has 0 aromatic carbocycles. The van der Waals surface area contributed by atoms with E-state index in [0.717, 1.165) is 23.1 Å². The van der Waals surface area contributed by atoms with Gasteiger partial charge in [0.2, 0.25) is 0 Å². The van der Waals surface area contributed by atoms with Gasteiger partial charge in [0.15, 0.2) is 0 Å². The van der Waals surface area contributed by atoms with Crippen molar-refractivity contribution in [3.05, 3.63) is 16.1 Å². The highest BCUT2D eigenvalue weighted by Gasteiger charge is 2.22. The predicted octanol–water partition coefficient (Wildman–Crippen LogP) is 2.04. The molecule has 1 aromatic rings. The summed E-state index contributed by atoms with van der Waals surface area (Å²) in [4.78, 5) is 4.63. The summed E-state index contributed by atoms with van der Waals surface area (Å²) in [6.07, 6.45) is 4.48. The summed E-state index contributed by atoms with van der Waals surface area (Å²) in [6.45, 7) is 2.92. The Morgan fingerprint density at radius 1 is 1.64 bits per heavy atom. The Balaban J connectivity index is 2.39. The molecule has 0 saturated heterocycles. The molecule has 0 spiro atoms. The molecule has 0 amide bonds. The fourth-order valence-corrected chi connectivity index (χ4v) is 2.95. The van der Waals surface area contributed by atoms with Crippen LogP contribution in [0.2, 0.25) is 0 Å². The molecule has 1 aliphatic heterocycles. The molecule has 0 fully saturated rings. The van der Waals surface area contributed by atoms with Crippen LogP contribution in [0.4, 0.5) is 0 Å². The topological polar surface area (TPSA) is 43.8 Å². The van der Waals surface area contributed by atoms with Crippen molar-refractivity contribution in [3.63, 3.8) is 0 Å². The van der Waals surface area contributed by atoms with Gasteiger partial charge in [-0.1, -0.05) is 0 Å². The van der Waals surface area contributed by atoms with Gasteiger partial charge in [0, 0.05) is 18.9 Å². The maximum absolute atomic E-state index is 5.55. The second kappa shape index (κ2) is 4.03. The fraction of sp³-hybridized carbons (Fsp3) is 0.700. The molecule has 0 bridgehead atoms. The quantitative estimate of drug-likeness (QED) is 0.882. The lowest BCUT2D eigenvalue weighted by Crippen LogP contribution is -2.15. The molecule has 4 heteroatoms. The van der Waals surface area contributed by atoms with Crippen LogP contribution in [0.1, 0.15) is 37.3 Å². The molecule has 1 aromatic heterocycles. The van der Waals surface area contributed by atoms with Gasteiger partial charge >= 0.3 is 0 Å². The van der Waals surface area contributed by atoms with Crippen molar-refractivity contribution < 1.29 is 0 Å². The summed E-state index contributed by atoms with van der Waals surface area (Å²) in [6, 6.07) is 0.576. The number of halogens is 1. The average molecular weight is 258 g/mol. The molecular weight excluding hydrogens is 242 g/mol. The van der Waals surface area contributed by atoms with E-state index < -0.39 is 0 Å².